The summed E-state index contributed by atoms with van der Waals surface area (Å²) in [4.78, 5) is 30.2. The summed E-state index contributed by atoms with van der Waals surface area (Å²) in [6, 6.07) is 16.3. The summed E-state index contributed by atoms with van der Waals surface area (Å²) in [6.45, 7) is 1.74. The number of rotatable bonds is 4. The summed E-state index contributed by atoms with van der Waals surface area (Å²) in [6.07, 6.45) is 5.10. The molecular formula is C23H19N3O3. The second-order valence-corrected chi connectivity index (χ2v) is 6.61. The lowest BCUT2D eigenvalue weighted by Crippen LogP contribution is -2.29. The van der Waals surface area contributed by atoms with Crippen LogP contribution in [0.1, 0.15) is 15.9 Å². The van der Waals surface area contributed by atoms with Gasteiger partial charge in [-0.3, -0.25) is 19.1 Å². The number of fused-ring (bicyclic) bond motifs is 1. The molecule has 0 saturated carbocycles. The number of hydrogen-bond donors (Lipinski definition) is 1. The van der Waals surface area contributed by atoms with Crippen molar-refractivity contribution in [3.05, 3.63) is 94.7 Å². The molecule has 4 rings (SSSR count). The van der Waals surface area contributed by atoms with Crippen LogP contribution in [-0.2, 0) is 0 Å². The Morgan fingerprint density at radius 1 is 1.07 bits per heavy atom. The number of aryl methyl sites for hydroxylation is 1. The van der Waals surface area contributed by atoms with E-state index in [4.69, 9.17) is 4.74 Å². The molecule has 1 N–H and O–H groups in total. The molecule has 6 nitrogen and oxygen atoms in total. The topological polar surface area (TPSA) is 73.2 Å². The number of nitrogens with one attached hydrogen (secondary N) is 1. The second kappa shape index (κ2) is 7.59. The van der Waals surface area contributed by atoms with Gasteiger partial charge in [-0.1, -0.05) is 18.2 Å². The Hall–Kier alpha value is -3.93. The molecular weight excluding hydrogens is 366 g/mol. The summed E-state index contributed by atoms with van der Waals surface area (Å²) in [5.74, 6) is 0.0955. The Kier molecular flexibility index (Phi) is 4.83. The molecule has 4 aromatic rings. The first-order valence-corrected chi connectivity index (χ1v) is 9.09. The number of pyridine rings is 2. The fraction of sp³-hybridized carbons (Fsp3) is 0.0870. The van der Waals surface area contributed by atoms with E-state index in [2.05, 4.69) is 10.3 Å². The number of carbonyl (C=O) groups is 1. The summed E-state index contributed by atoms with van der Waals surface area (Å²) >= 11 is 0. The zero-order valence-electron chi connectivity index (χ0n) is 16.0. The number of nitrogens with zero attached hydrogens (tertiary/aromatic N) is 2. The van der Waals surface area contributed by atoms with Gasteiger partial charge in [-0.15, -0.1) is 0 Å². The predicted molar refractivity (Wildman–Crippen MR) is 113 cm³/mol. The van der Waals surface area contributed by atoms with Crippen molar-refractivity contribution in [2.24, 2.45) is 0 Å². The Morgan fingerprint density at radius 2 is 1.90 bits per heavy atom. The normalized spacial score (nSPS) is 10.7. The number of anilines is 1. The van der Waals surface area contributed by atoms with Gasteiger partial charge < -0.3 is 10.1 Å². The SMILES string of the molecule is COc1ccccc1-n1ccc(C)c(C(=O)Nc2ccc3cnccc3c2)c1=O. The maximum absolute atomic E-state index is 13.1. The van der Waals surface area contributed by atoms with Crippen molar-refractivity contribution < 1.29 is 9.53 Å². The number of amides is 1. The molecule has 29 heavy (non-hydrogen) atoms. The number of ether oxygens (including phenoxy) is 1. The molecule has 0 unspecified atom stereocenters. The van der Waals surface area contributed by atoms with E-state index in [-0.39, 0.29) is 5.56 Å². The molecule has 2 aromatic heterocycles. The van der Waals surface area contributed by atoms with Gasteiger partial charge in [0, 0.05) is 29.7 Å². The first kappa shape index (κ1) is 18.4. The lowest BCUT2D eigenvalue weighted by atomic mass is 10.1. The molecule has 0 radical (unpaired) electrons. The molecule has 0 bridgehead atoms. The first-order valence-electron chi connectivity index (χ1n) is 9.09. The van der Waals surface area contributed by atoms with Crippen LogP contribution in [0.5, 0.6) is 5.75 Å². The highest BCUT2D eigenvalue weighted by atomic mass is 16.5. The van der Waals surface area contributed by atoms with Crippen LogP contribution in [0.25, 0.3) is 16.5 Å². The summed E-state index contributed by atoms with van der Waals surface area (Å²) in [7, 11) is 1.54. The van der Waals surface area contributed by atoms with Crippen molar-refractivity contribution in [1.29, 1.82) is 0 Å². The zero-order valence-corrected chi connectivity index (χ0v) is 16.0. The van der Waals surface area contributed by atoms with E-state index in [0.29, 0.717) is 22.7 Å². The minimum absolute atomic E-state index is 0.0910. The standard InChI is InChI=1S/C23H19N3O3/c1-15-10-12-26(19-5-3-4-6-20(19)29-2)23(28)21(15)22(27)25-18-8-7-17-14-24-11-9-16(17)13-18/h3-14H,1-2H3,(H,25,27). The molecule has 1 amide bonds. The Morgan fingerprint density at radius 3 is 2.72 bits per heavy atom. The van der Waals surface area contributed by atoms with Gasteiger partial charge in [-0.2, -0.15) is 0 Å². The number of hydrogen-bond acceptors (Lipinski definition) is 4. The summed E-state index contributed by atoms with van der Waals surface area (Å²) in [5, 5.41) is 4.76. The smallest absolute Gasteiger partial charge is 0.268 e. The van der Waals surface area contributed by atoms with Crippen LogP contribution in [0, 0.1) is 6.92 Å². The highest BCUT2D eigenvalue weighted by Crippen LogP contribution is 2.22. The van der Waals surface area contributed by atoms with E-state index < -0.39 is 11.5 Å². The van der Waals surface area contributed by atoms with Gasteiger partial charge in [-0.25, -0.2) is 0 Å². The Balaban J connectivity index is 1.74. The number of methoxy groups -OCH3 is 1. The fourth-order valence-electron chi connectivity index (χ4n) is 3.28. The maximum Gasteiger partial charge on any atom is 0.268 e. The molecule has 144 valence electrons. The molecule has 0 atom stereocenters. The van der Waals surface area contributed by atoms with E-state index in [1.807, 2.05) is 30.3 Å². The number of benzene rings is 2. The first-order chi connectivity index (χ1) is 14.1. The third-order valence-corrected chi connectivity index (χ3v) is 4.77. The van der Waals surface area contributed by atoms with Crippen LogP contribution >= 0.6 is 0 Å². The molecule has 2 heterocycles. The predicted octanol–water partition coefficient (Wildman–Crippen LogP) is 3.96. The molecule has 2 aromatic carbocycles. The maximum atomic E-state index is 13.1. The monoisotopic (exact) mass is 385 g/mol. The van der Waals surface area contributed by atoms with Crippen molar-refractivity contribution in [2.75, 3.05) is 12.4 Å². The molecule has 0 spiro atoms. The van der Waals surface area contributed by atoms with Crippen molar-refractivity contribution in [3.8, 4) is 11.4 Å². The van der Waals surface area contributed by atoms with Crippen LogP contribution in [-0.4, -0.2) is 22.6 Å². The molecule has 0 aliphatic heterocycles. The largest absolute Gasteiger partial charge is 0.495 e. The van der Waals surface area contributed by atoms with E-state index in [9.17, 15) is 9.59 Å². The van der Waals surface area contributed by atoms with Crippen LogP contribution in [0.2, 0.25) is 0 Å². The third kappa shape index (κ3) is 3.48. The Bertz CT molecular complexity index is 1280. The van der Waals surface area contributed by atoms with Gasteiger partial charge in [0.05, 0.1) is 12.8 Å². The van der Waals surface area contributed by atoms with Gasteiger partial charge in [-0.05, 0) is 54.3 Å². The molecule has 0 aliphatic rings. The van der Waals surface area contributed by atoms with Crippen molar-refractivity contribution in [2.45, 2.75) is 6.92 Å². The number of carbonyl (C=O) groups excluding carboxylic acids is 1. The fourth-order valence-corrected chi connectivity index (χ4v) is 3.28. The van der Waals surface area contributed by atoms with Gasteiger partial charge in [0.15, 0.2) is 0 Å². The summed E-state index contributed by atoms with van der Waals surface area (Å²) in [5.41, 5.74) is 1.47. The van der Waals surface area contributed by atoms with E-state index in [1.54, 1.807) is 56.9 Å². The molecule has 6 heteroatoms. The number of aromatic nitrogens is 2. The van der Waals surface area contributed by atoms with Crippen molar-refractivity contribution in [3.63, 3.8) is 0 Å². The van der Waals surface area contributed by atoms with Crippen molar-refractivity contribution in [1.82, 2.24) is 9.55 Å². The van der Waals surface area contributed by atoms with Crippen LogP contribution < -0.4 is 15.6 Å². The highest BCUT2D eigenvalue weighted by Gasteiger charge is 2.18. The molecule has 0 saturated heterocycles. The van der Waals surface area contributed by atoms with Gasteiger partial charge in [0.25, 0.3) is 11.5 Å². The number of para-hydroxylation sites is 2. The minimum atomic E-state index is -0.454. The average Bonchev–Trinajstić information content (AvgIpc) is 2.74. The Labute approximate surface area is 167 Å². The average molecular weight is 385 g/mol. The quantitative estimate of drug-likeness (QED) is 0.577. The van der Waals surface area contributed by atoms with Crippen molar-refractivity contribution >= 4 is 22.4 Å². The lowest BCUT2D eigenvalue weighted by molar-refractivity contribution is 0.102. The lowest BCUT2D eigenvalue weighted by Gasteiger charge is -2.14. The zero-order chi connectivity index (χ0) is 20.4. The van der Waals surface area contributed by atoms with Crippen LogP contribution in [0.15, 0.2) is 78.0 Å². The van der Waals surface area contributed by atoms with Gasteiger partial charge in [0.1, 0.15) is 11.3 Å². The molecule has 0 fully saturated rings. The highest BCUT2D eigenvalue weighted by molar-refractivity contribution is 6.06. The van der Waals surface area contributed by atoms with E-state index >= 15 is 0 Å². The van der Waals surface area contributed by atoms with Crippen LogP contribution in [0.3, 0.4) is 0 Å². The van der Waals surface area contributed by atoms with E-state index in [1.165, 1.54) is 4.57 Å². The van der Waals surface area contributed by atoms with Gasteiger partial charge >= 0.3 is 0 Å². The van der Waals surface area contributed by atoms with E-state index in [0.717, 1.165) is 10.8 Å². The van der Waals surface area contributed by atoms with Gasteiger partial charge in [0.2, 0.25) is 0 Å². The third-order valence-electron chi connectivity index (χ3n) is 4.77. The second-order valence-electron chi connectivity index (χ2n) is 6.61. The summed E-state index contributed by atoms with van der Waals surface area (Å²) < 4.78 is 6.78. The van der Waals surface area contributed by atoms with Crippen LogP contribution in [0.4, 0.5) is 5.69 Å². The molecule has 0 aliphatic carbocycles. The minimum Gasteiger partial charge on any atom is -0.495 e.